The molecule has 2 aliphatic rings. The number of rotatable bonds is 5. The summed E-state index contributed by atoms with van der Waals surface area (Å²) in [5, 5.41) is 0. The van der Waals surface area contributed by atoms with E-state index in [9.17, 15) is 9.59 Å². The van der Waals surface area contributed by atoms with Crippen LogP contribution in [-0.2, 0) is 13.1 Å². The van der Waals surface area contributed by atoms with E-state index in [1.807, 2.05) is 17.0 Å². The molecule has 2 aliphatic heterocycles. The van der Waals surface area contributed by atoms with E-state index in [-0.39, 0.29) is 5.91 Å². The van der Waals surface area contributed by atoms with E-state index < -0.39 is 5.91 Å². The number of nitrogens with two attached hydrogens (primary N) is 1. The lowest BCUT2D eigenvalue weighted by molar-refractivity contribution is 0.0708. The van der Waals surface area contributed by atoms with Crippen molar-refractivity contribution in [3.8, 4) is 0 Å². The zero-order valence-electron chi connectivity index (χ0n) is 15.4. The van der Waals surface area contributed by atoms with Gasteiger partial charge < -0.3 is 10.6 Å². The molecule has 0 atom stereocenters. The Balaban J connectivity index is 1.34. The van der Waals surface area contributed by atoms with Crippen molar-refractivity contribution in [2.24, 2.45) is 11.7 Å². The number of likely N-dealkylation sites (tertiary alicyclic amines) is 1. The highest BCUT2D eigenvalue weighted by Crippen LogP contribution is 2.29. The molecule has 0 aliphatic carbocycles. The van der Waals surface area contributed by atoms with Gasteiger partial charge in [-0.3, -0.25) is 14.5 Å². The lowest BCUT2D eigenvalue weighted by Gasteiger charge is -2.33. The summed E-state index contributed by atoms with van der Waals surface area (Å²) in [5.74, 6) is -0.0744. The van der Waals surface area contributed by atoms with E-state index in [1.165, 1.54) is 5.56 Å². The summed E-state index contributed by atoms with van der Waals surface area (Å²) >= 11 is 0. The number of primary amides is 1. The van der Waals surface area contributed by atoms with Crippen molar-refractivity contribution in [3.63, 3.8) is 0 Å². The molecular weight excluding hydrogens is 338 g/mol. The van der Waals surface area contributed by atoms with Gasteiger partial charge >= 0.3 is 0 Å². The summed E-state index contributed by atoms with van der Waals surface area (Å²) in [6.45, 7) is 4.44. The third-order valence-electron chi connectivity index (χ3n) is 5.71. The predicted octanol–water partition coefficient (Wildman–Crippen LogP) is 2.65. The quantitative estimate of drug-likeness (QED) is 0.888. The molecular formula is C22H25N3O2. The molecule has 0 unspecified atom stereocenters. The lowest BCUT2D eigenvalue weighted by Crippen LogP contribution is -2.38. The third-order valence-corrected chi connectivity index (χ3v) is 5.71. The zero-order chi connectivity index (χ0) is 18.8. The first-order valence-corrected chi connectivity index (χ1v) is 9.59. The summed E-state index contributed by atoms with van der Waals surface area (Å²) in [5.41, 5.74) is 8.56. The number of fused-ring (bicyclic) bond motifs is 1. The average molecular weight is 363 g/mol. The standard InChI is InChI=1S/C22H25N3O2/c23-21(26)19-8-4-7-18-15-25(22(27)20(18)19)14-17-9-11-24(12-10-17)13-16-5-2-1-3-6-16/h1-8,17H,9-15H2,(H2,23,26). The molecule has 0 bridgehead atoms. The fourth-order valence-corrected chi connectivity index (χ4v) is 4.25. The van der Waals surface area contributed by atoms with Gasteiger partial charge in [0, 0.05) is 19.6 Å². The Morgan fingerprint density at radius 3 is 2.48 bits per heavy atom. The maximum absolute atomic E-state index is 12.8. The van der Waals surface area contributed by atoms with Crippen LogP contribution in [0, 0.1) is 5.92 Å². The van der Waals surface area contributed by atoms with Crippen LogP contribution in [0.4, 0.5) is 0 Å². The van der Waals surface area contributed by atoms with Crippen LogP contribution < -0.4 is 5.73 Å². The summed E-state index contributed by atoms with van der Waals surface area (Å²) in [6, 6.07) is 15.9. The SMILES string of the molecule is NC(=O)c1cccc2c1C(=O)N(CC1CCN(Cc3ccccc3)CC1)C2. The second-order valence-electron chi connectivity index (χ2n) is 7.59. The van der Waals surface area contributed by atoms with E-state index in [1.54, 1.807) is 12.1 Å². The molecule has 4 rings (SSSR count). The largest absolute Gasteiger partial charge is 0.366 e. The molecule has 0 spiro atoms. The first-order valence-electron chi connectivity index (χ1n) is 9.59. The molecule has 0 radical (unpaired) electrons. The smallest absolute Gasteiger partial charge is 0.255 e. The van der Waals surface area contributed by atoms with Crippen LogP contribution in [0.5, 0.6) is 0 Å². The number of nitrogens with zero attached hydrogens (tertiary/aromatic N) is 2. The van der Waals surface area contributed by atoms with Crippen LogP contribution in [0.25, 0.3) is 0 Å². The van der Waals surface area contributed by atoms with E-state index in [2.05, 4.69) is 29.2 Å². The van der Waals surface area contributed by atoms with Gasteiger partial charge in [0.15, 0.2) is 0 Å². The topological polar surface area (TPSA) is 66.6 Å². The van der Waals surface area contributed by atoms with Gasteiger partial charge in [0.25, 0.3) is 5.91 Å². The average Bonchev–Trinajstić information content (AvgIpc) is 3.00. The first-order chi connectivity index (χ1) is 13.1. The van der Waals surface area contributed by atoms with Crippen molar-refractivity contribution in [2.75, 3.05) is 19.6 Å². The Morgan fingerprint density at radius 2 is 1.78 bits per heavy atom. The molecule has 2 aromatic rings. The molecule has 0 saturated carbocycles. The fourth-order valence-electron chi connectivity index (χ4n) is 4.25. The van der Waals surface area contributed by atoms with E-state index in [4.69, 9.17) is 5.73 Å². The van der Waals surface area contributed by atoms with Gasteiger partial charge in [-0.25, -0.2) is 0 Å². The van der Waals surface area contributed by atoms with Crippen molar-refractivity contribution >= 4 is 11.8 Å². The van der Waals surface area contributed by atoms with Crippen molar-refractivity contribution in [2.45, 2.75) is 25.9 Å². The minimum absolute atomic E-state index is 0.0499. The number of hydrogen-bond acceptors (Lipinski definition) is 3. The van der Waals surface area contributed by atoms with Crippen molar-refractivity contribution in [3.05, 3.63) is 70.8 Å². The third kappa shape index (κ3) is 3.74. The van der Waals surface area contributed by atoms with Crippen LogP contribution in [0.2, 0.25) is 0 Å². The first kappa shape index (κ1) is 17.7. The zero-order valence-corrected chi connectivity index (χ0v) is 15.4. The van der Waals surface area contributed by atoms with Gasteiger partial charge in [-0.05, 0) is 49.0 Å². The highest BCUT2D eigenvalue weighted by atomic mass is 16.2. The van der Waals surface area contributed by atoms with Gasteiger partial charge in [-0.1, -0.05) is 42.5 Å². The van der Waals surface area contributed by atoms with E-state index in [0.29, 0.717) is 23.6 Å². The van der Waals surface area contributed by atoms with Crippen LogP contribution >= 0.6 is 0 Å². The second kappa shape index (κ2) is 7.53. The minimum Gasteiger partial charge on any atom is -0.366 e. The monoisotopic (exact) mass is 363 g/mol. The van der Waals surface area contributed by atoms with Crippen LogP contribution in [0.3, 0.4) is 0 Å². The molecule has 2 N–H and O–H groups in total. The number of benzene rings is 2. The normalized spacial score (nSPS) is 17.9. The van der Waals surface area contributed by atoms with E-state index in [0.717, 1.165) is 44.6 Å². The van der Waals surface area contributed by atoms with Gasteiger partial charge in [-0.2, -0.15) is 0 Å². The molecule has 140 valence electrons. The predicted molar refractivity (Wildman–Crippen MR) is 104 cm³/mol. The molecule has 1 saturated heterocycles. The maximum atomic E-state index is 12.8. The van der Waals surface area contributed by atoms with E-state index >= 15 is 0 Å². The van der Waals surface area contributed by atoms with Gasteiger partial charge in [0.05, 0.1) is 11.1 Å². The number of carbonyl (C=O) groups excluding carboxylic acids is 2. The van der Waals surface area contributed by atoms with Gasteiger partial charge in [-0.15, -0.1) is 0 Å². The Hall–Kier alpha value is -2.66. The molecule has 2 aromatic carbocycles. The van der Waals surface area contributed by atoms with Gasteiger partial charge in [0.2, 0.25) is 5.91 Å². The Kier molecular flexibility index (Phi) is 4.94. The highest BCUT2D eigenvalue weighted by molar-refractivity contribution is 6.09. The molecule has 1 fully saturated rings. The Morgan fingerprint density at radius 1 is 1.04 bits per heavy atom. The summed E-state index contributed by atoms with van der Waals surface area (Å²) in [7, 11) is 0. The minimum atomic E-state index is -0.531. The fraction of sp³-hybridized carbons (Fsp3) is 0.364. The van der Waals surface area contributed by atoms with Crippen molar-refractivity contribution in [1.82, 2.24) is 9.80 Å². The van der Waals surface area contributed by atoms with Crippen molar-refractivity contribution in [1.29, 1.82) is 0 Å². The molecule has 2 amide bonds. The number of carbonyl (C=O) groups is 2. The van der Waals surface area contributed by atoms with Crippen LogP contribution in [-0.4, -0.2) is 41.2 Å². The summed E-state index contributed by atoms with van der Waals surface area (Å²) in [4.78, 5) is 28.8. The highest BCUT2D eigenvalue weighted by Gasteiger charge is 2.33. The van der Waals surface area contributed by atoms with Crippen LogP contribution in [0.1, 0.15) is 44.7 Å². The second-order valence-corrected chi connectivity index (χ2v) is 7.59. The molecule has 5 heteroatoms. The van der Waals surface area contributed by atoms with Crippen molar-refractivity contribution < 1.29 is 9.59 Å². The Labute approximate surface area is 159 Å². The maximum Gasteiger partial charge on any atom is 0.255 e. The number of piperidine rings is 1. The van der Waals surface area contributed by atoms with Crippen LogP contribution in [0.15, 0.2) is 48.5 Å². The number of amides is 2. The summed E-state index contributed by atoms with van der Waals surface area (Å²) in [6.07, 6.45) is 2.19. The molecule has 0 aromatic heterocycles. The number of hydrogen-bond donors (Lipinski definition) is 1. The van der Waals surface area contributed by atoms with Gasteiger partial charge in [0.1, 0.15) is 0 Å². The molecule has 2 heterocycles. The Bertz CT molecular complexity index is 842. The summed E-state index contributed by atoms with van der Waals surface area (Å²) < 4.78 is 0. The molecule has 5 nitrogen and oxygen atoms in total. The molecule has 27 heavy (non-hydrogen) atoms. The lowest BCUT2D eigenvalue weighted by atomic mass is 9.96.